The lowest BCUT2D eigenvalue weighted by molar-refractivity contribution is 0.323. The van der Waals surface area contributed by atoms with Crippen LogP contribution in [0.1, 0.15) is 34.6 Å². The van der Waals surface area contributed by atoms with Crippen molar-refractivity contribution >= 4 is 75.2 Å². The Morgan fingerprint density at radius 3 is 1.96 bits per heavy atom. The smallest absolute Gasteiger partial charge is 0.229 e. The number of aliphatic hydroxyl groups is 1. The number of nitrogen functional groups attached to an aromatic ring is 1. The van der Waals surface area contributed by atoms with Gasteiger partial charge in [0.25, 0.3) is 0 Å². The number of ether oxygens (including phenoxy) is 2. The summed E-state index contributed by atoms with van der Waals surface area (Å²) in [7, 11) is 5.23. The van der Waals surface area contributed by atoms with Gasteiger partial charge in [0.05, 0.1) is 65.7 Å². The highest BCUT2D eigenvalue weighted by molar-refractivity contribution is 8.13. The summed E-state index contributed by atoms with van der Waals surface area (Å²) >= 11 is 5.85. The Morgan fingerprint density at radius 2 is 1.42 bits per heavy atom. The highest BCUT2D eigenvalue weighted by Gasteiger charge is 2.19. The molecule has 0 aromatic heterocycles. The molecule has 50 heavy (non-hydrogen) atoms. The molecule has 0 aliphatic rings. The van der Waals surface area contributed by atoms with E-state index in [0.29, 0.717) is 33.7 Å². The monoisotopic (exact) mass is 723 g/mol. The molecule has 3 aromatic carbocycles. The van der Waals surface area contributed by atoms with Gasteiger partial charge in [0.15, 0.2) is 0 Å². The number of thiol groups is 1. The molecule has 0 spiro atoms. The minimum Gasteiger partial charge on any atom is -0.495 e. The summed E-state index contributed by atoms with van der Waals surface area (Å²) in [6.07, 6.45) is 0. The molecule has 12 nitrogen and oxygen atoms in total. The van der Waals surface area contributed by atoms with E-state index < -0.39 is 0 Å². The number of aliphatic imine (C=N–C) groups is 2. The molecule has 0 saturated heterocycles. The molecule has 0 aliphatic heterocycles. The fraction of sp³-hybridized carbons (Fsp3) is 0.389. The van der Waals surface area contributed by atoms with Gasteiger partial charge in [-0.25, -0.2) is 4.99 Å². The Labute approximate surface area is 307 Å². The van der Waals surface area contributed by atoms with Crippen LogP contribution in [0.15, 0.2) is 75.8 Å². The van der Waals surface area contributed by atoms with Crippen LogP contribution in [0.2, 0.25) is 0 Å². The largest absolute Gasteiger partial charge is 0.495 e. The van der Waals surface area contributed by atoms with Crippen molar-refractivity contribution < 1.29 is 14.6 Å². The van der Waals surface area contributed by atoms with Gasteiger partial charge in [-0.2, -0.15) is 4.99 Å². The molecule has 0 heterocycles. The first-order chi connectivity index (χ1) is 24.0. The lowest BCUT2D eigenvalue weighted by Gasteiger charge is -2.29. The molecule has 0 atom stereocenters. The van der Waals surface area contributed by atoms with Crippen LogP contribution in [0.3, 0.4) is 0 Å². The summed E-state index contributed by atoms with van der Waals surface area (Å²) in [6.45, 7) is 17.7. The van der Waals surface area contributed by atoms with Crippen LogP contribution >= 0.6 is 24.4 Å². The van der Waals surface area contributed by atoms with Crippen molar-refractivity contribution in [3.05, 3.63) is 60.9 Å². The van der Waals surface area contributed by atoms with Crippen LogP contribution in [-0.2, 0) is 0 Å². The average Bonchev–Trinajstić information content (AvgIpc) is 3.10. The fourth-order valence-corrected chi connectivity index (χ4v) is 5.94. The first-order valence-electron chi connectivity index (χ1n) is 16.6. The Morgan fingerprint density at radius 1 is 0.860 bits per heavy atom. The van der Waals surface area contributed by atoms with Gasteiger partial charge in [-0.1, -0.05) is 6.58 Å². The van der Waals surface area contributed by atoms with E-state index >= 15 is 0 Å². The van der Waals surface area contributed by atoms with Gasteiger partial charge in [-0.15, -0.1) is 24.4 Å². The van der Waals surface area contributed by atoms with E-state index in [0.717, 1.165) is 65.3 Å². The number of methoxy groups -OCH3 is 2. The number of hydrogen-bond donors (Lipinski definition) is 6. The number of hydrazine groups is 1. The molecule has 0 saturated carbocycles. The van der Waals surface area contributed by atoms with Crippen LogP contribution in [0.4, 0.5) is 39.8 Å². The van der Waals surface area contributed by atoms with Crippen molar-refractivity contribution in [2.24, 2.45) is 9.98 Å². The second kappa shape index (κ2) is 19.7. The van der Waals surface area contributed by atoms with Crippen molar-refractivity contribution in [2.45, 2.75) is 39.5 Å². The zero-order valence-electron chi connectivity index (χ0n) is 30.5. The maximum absolute atomic E-state index is 9.46. The molecule has 3 aromatic rings. The molecule has 272 valence electrons. The number of guanidine groups is 1. The highest BCUT2D eigenvalue weighted by Crippen LogP contribution is 2.40. The predicted octanol–water partition coefficient (Wildman–Crippen LogP) is 7.23. The number of rotatable bonds is 17. The van der Waals surface area contributed by atoms with E-state index in [-0.39, 0.29) is 12.6 Å². The summed E-state index contributed by atoms with van der Waals surface area (Å²) < 4.78 is 11.5. The molecule has 0 unspecified atom stereocenters. The van der Waals surface area contributed by atoms with Crippen LogP contribution in [0, 0.1) is 0 Å². The minimum atomic E-state index is 0.0256. The first-order valence-corrected chi connectivity index (χ1v) is 18.0. The lowest BCUT2D eigenvalue weighted by atomic mass is 10.2. The van der Waals surface area contributed by atoms with Crippen LogP contribution in [0.5, 0.6) is 11.5 Å². The van der Waals surface area contributed by atoms with Crippen LogP contribution in [-0.4, -0.2) is 75.9 Å². The number of anilines is 7. The molecular formula is C36H53N9O3S2. The minimum absolute atomic E-state index is 0.0256. The van der Waals surface area contributed by atoms with Crippen LogP contribution < -0.4 is 46.1 Å². The maximum atomic E-state index is 9.46. The first kappa shape index (κ1) is 40.0. The number of nitrogens with two attached hydrogens (primary N) is 1. The molecule has 0 fully saturated rings. The quantitative estimate of drug-likeness (QED) is 0.0277. The fourth-order valence-electron chi connectivity index (χ4n) is 5.25. The Bertz CT molecular complexity index is 1630. The standard InChI is InChI=1S/C36H53N9O3S2/c1-10-44(11-2)32-21-29(28(37)20-34(32)47-8)38-24(5)39-36(40-25(6)50-19-18-46)41-30-22-33(45(12-3)13-4)35(48-9)23-31(30)43(7)42-26-14-16-27(49)17-15-26/h14-17,20-23,38,42,46,49H,5,10-13,18-19,37H2,1-4,6-9H3,(H,39,41)/b40-25+. The Hall–Kier alpha value is -4.40. The molecule has 0 radical (unpaired) electrons. The van der Waals surface area contributed by atoms with Gasteiger partial charge in [0, 0.05) is 56.0 Å². The molecule has 0 amide bonds. The van der Waals surface area contributed by atoms with E-state index in [1.54, 1.807) is 20.3 Å². The summed E-state index contributed by atoms with van der Waals surface area (Å²) in [6, 6.07) is 15.5. The normalized spacial score (nSPS) is 11.6. The summed E-state index contributed by atoms with van der Waals surface area (Å²) in [5.41, 5.74) is 15.2. The molecule has 0 aliphatic carbocycles. The summed E-state index contributed by atoms with van der Waals surface area (Å²) in [4.78, 5) is 14.9. The second-order valence-electron chi connectivity index (χ2n) is 11.0. The van der Waals surface area contributed by atoms with Gasteiger partial charge >= 0.3 is 0 Å². The van der Waals surface area contributed by atoms with E-state index in [2.05, 4.69) is 72.8 Å². The lowest BCUT2D eigenvalue weighted by Crippen LogP contribution is -2.28. The predicted molar refractivity (Wildman–Crippen MR) is 220 cm³/mol. The highest BCUT2D eigenvalue weighted by atomic mass is 32.2. The van der Waals surface area contributed by atoms with Gasteiger partial charge in [0.1, 0.15) is 17.3 Å². The number of nitrogens with zero attached hydrogens (tertiary/aromatic N) is 5. The van der Waals surface area contributed by atoms with Crippen molar-refractivity contribution in [3.63, 3.8) is 0 Å². The average molecular weight is 724 g/mol. The zero-order chi connectivity index (χ0) is 36.8. The Balaban J connectivity index is 2.13. The number of nitrogens with one attached hydrogen (secondary N) is 3. The number of hydrogen-bond acceptors (Lipinski definition) is 12. The van der Waals surface area contributed by atoms with Gasteiger partial charge in [0.2, 0.25) is 5.96 Å². The van der Waals surface area contributed by atoms with Gasteiger partial charge in [-0.3, -0.25) is 10.4 Å². The van der Waals surface area contributed by atoms with Gasteiger partial charge < -0.3 is 40.7 Å². The van der Waals surface area contributed by atoms with E-state index in [9.17, 15) is 5.11 Å². The molecule has 0 bridgehead atoms. The van der Waals surface area contributed by atoms with E-state index in [1.807, 2.05) is 61.4 Å². The second-order valence-corrected chi connectivity index (χ2v) is 12.9. The van der Waals surface area contributed by atoms with Crippen LogP contribution in [0.25, 0.3) is 0 Å². The van der Waals surface area contributed by atoms with Crippen molar-refractivity contribution in [3.8, 4) is 11.5 Å². The molecule has 6 N–H and O–H groups in total. The van der Waals surface area contributed by atoms with Crippen molar-refractivity contribution in [2.75, 3.05) is 96.4 Å². The van der Waals surface area contributed by atoms with Gasteiger partial charge in [-0.05, 0) is 71.0 Å². The topological polar surface area (TPSA) is 135 Å². The molecule has 3 rings (SSSR count). The third-order valence-corrected chi connectivity index (χ3v) is 9.01. The van der Waals surface area contributed by atoms with Crippen molar-refractivity contribution in [1.29, 1.82) is 0 Å². The van der Waals surface area contributed by atoms with E-state index in [4.69, 9.17) is 25.2 Å². The third kappa shape index (κ3) is 10.8. The number of thioether (sulfide) groups is 1. The number of benzene rings is 3. The molecular weight excluding hydrogens is 671 g/mol. The molecule has 14 heteroatoms. The Kier molecular flexibility index (Phi) is 15.8. The third-order valence-electron chi connectivity index (χ3n) is 7.81. The summed E-state index contributed by atoms with van der Waals surface area (Å²) in [5.74, 6) is 2.50. The SMILES string of the molecule is C=C(/N=C(\N=C(/C)SCCO)Nc1cc(N(CC)CC)c(OC)cc1N(C)Nc1ccc(S)cc1)Nc1cc(N(CC)CC)c(OC)cc1N. The van der Waals surface area contributed by atoms with Crippen molar-refractivity contribution in [1.82, 2.24) is 0 Å². The zero-order valence-corrected chi connectivity index (χ0v) is 32.2. The van der Waals surface area contributed by atoms with E-state index in [1.165, 1.54) is 11.8 Å². The number of aliphatic hydroxyl groups excluding tert-OH is 1. The summed E-state index contributed by atoms with van der Waals surface area (Å²) in [5, 5.41) is 18.8. The maximum Gasteiger partial charge on any atom is 0.229 e.